The molecule has 1 saturated heterocycles. The second-order valence-electron chi connectivity index (χ2n) is 5.28. The van der Waals surface area contributed by atoms with E-state index in [1.165, 1.54) is 31.4 Å². The number of alkyl halides is 2. The van der Waals surface area contributed by atoms with Gasteiger partial charge >= 0.3 is 12.6 Å². The molecule has 1 fully saturated rings. The van der Waals surface area contributed by atoms with Crippen molar-refractivity contribution in [3.63, 3.8) is 0 Å². The summed E-state index contributed by atoms with van der Waals surface area (Å²) >= 11 is 3.74. The maximum absolute atomic E-state index is 12.3. The van der Waals surface area contributed by atoms with Crippen LogP contribution >= 0.6 is 23.5 Å². The molecule has 1 aliphatic rings. The summed E-state index contributed by atoms with van der Waals surface area (Å²) < 4.78 is 39.7. The summed E-state index contributed by atoms with van der Waals surface area (Å²) in [4.78, 5) is 12.3. The van der Waals surface area contributed by atoms with E-state index in [-0.39, 0.29) is 11.3 Å². The smallest absolute Gasteiger partial charge is 0.387 e. The van der Waals surface area contributed by atoms with Crippen molar-refractivity contribution < 1.29 is 27.8 Å². The highest BCUT2D eigenvalue weighted by Crippen LogP contribution is 2.47. The van der Waals surface area contributed by atoms with E-state index in [1.807, 2.05) is 35.7 Å². The molecule has 0 bridgehead atoms. The van der Waals surface area contributed by atoms with Crippen LogP contribution in [0.4, 0.5) is 8.78 Å². The summed E-state index contributed by atoms with van der Waals surface area (Å²) in [6.45, 7) is -2.91. The van der Waals surface area contributed by atoms with Gasteiger partial charge in [0.25, 0.3) is 0 Å². The topological polar surface area (TPSA) is 44.8 Å². The molecule has 0 N–H and O–H groups in total. The molecule has 1 heterocycles. The van der Waals surface area contributed by atoms with Gasteiger partial charge in [-0.25, -0.2) is 4.79 Å². The molecule has 0 aromatic heterocycles. The summed E-state index contributed by atoms with van der Waals surface area (Å²) in [5.74, 6) is 2.37. The van der Waals surface area contributed by atoms with Gasteiger partial charge < -0.3 is 14.2 Å². The van der Waals surface area contributed by atoms with Crippen molar-refractivity contribution >= 4 is 29.5 Å². The first-order valence-corrected chi connectivity index (χ1v) is 9.85. The largest absolute Gasteiger partial charge is 0.493 e. The Morgan fingerprint density at radius 3 is 2.38 bits per heavy atom. The Labute approximate surface area is 158 Å². The lowest BCUT2D eigenvalue weighted by Crippen LogP contribution is -2.10. The molecule has 4 nitrogen and oxygen atoms in total. The molecular formula is C18H16F2O4S2. The zero-order valence-corrected chi connectivity index (χ0v) is 15.4. The minimum Gasteiger partial charge on any atom is -0.493 e. The second-order valence-corrected chi connectivity index (χ2v) is 8.00. The standard InChI is InChI=1S/C18H16F2O4S2/c1-22-15-10-12(17-25-8-9-26-17)4-7-14(15)24-16(21)11-2-5-13(6-3-11)23-18(19)20/h2-7,10,17-18H,8-9H2,1H3. The van der Waals surface area contributed by atoms with Crippen LogP contribution in [-0.4, -0.2) is 31.2 Å². The Morgan fingerprint density at radius 2 is 1.77 bits per heavy atom. The Hall–Kier alpha value is -1.93. The van der Waals surface area contributed by atoms with Gasteiger partial charge in [-0.05, 0) is 42.0 Å². The molecule has 3 rings (SSSR count). The van der Waals surface area contributed by atoms with Gasteiger partial charge in [-0.3, -0.25) is 0 Å². The van der Waals surface area contributed by atoms with E-state index >= 15 is 0 Å². The van der Waals surface area contributed by atoms with Crippen LogP contribution < -0.4 is 14.2 Å². The summed E-state index contributed by atoms with van der Waals surface area (Å²) in [6, 6.07) is 10.8. The summed E-state index contributed by atoms with van der Waals surface area (Å²) in [5, 5.41) is 0. The molecule has 138 valence electrons. The number of ether oxygens (including phenoxy) is 3. The van der Waals surface area contributed by atoms with Crippen LogP contribution in [0.1, 0.15) is 20.5 Å². The fraction of sp³-hybridized carbons (Fsp3) is 0.278. The van der Waals surface area contributed by atoms with Crippen LogP contribution in [0, 0.1) is 0 Å². The third-order valence-electron chi connectivity index (χ3n) is 3.60. The third kappa shape index (κ3) is 4.62. The molecule has 2 aromatic rings. The molecule has 26 heavy (non-hydrogen) atoms. The average molecular weight is 398 g/mol. The number of hydrogen-bond acceptors (Lipinski definition) is 6. The fourth-order valence-corrected chi connectivity index (χ4v) is 5.24. The SMILES string of the molecule is COc1cc(C2SCCS2)ccc1OC(=O)c1ccc(OC(F)F)cc1. The van der Waals surface area contributed by atoms with Crippen molar-refractivity contribution in [3.8, 4) is 17.2 Å². The first kappa shape index (κ1) is 18.8. The average Bonchev–Trinajstić information content (AvgIpc) is 3.16. The van der Waals surface area contributed by atoms with Gasteiger partial charge in [-0.2, -0.15) is 8.78 Å². The Kier molecular flexibility index (Phi) is 6.26. The zero-order chi connectivity index (χ0) is 18.5. The zero-order valence-electron chi connectivity index (χ0n) is 13.8. The molecule has 0 amide bonds. The fourth-order valence-electron chi connectivity index (χ4n) is 2.40. The monoisotopic (exact) mass is 398 g/mol. The van der Waals surface area contributed by atoms with Gasteiger partial charge in [0.2, 0.25) is 0 Å². The van der Waals surface area contributed by atoms with Crippen LogP contribution in [-0.2, 0) is 0 Å². The van der Waals surface area contributed by atoms with Gasteiger partial charge in [-0.15, -0.1) is 23.5 Å². The van der Waals surface area contributed by atoms with Crippen LogP contribution in [0.15, 0.2) is 42.5 Å². The number of carbonyl (C=O) groups is 1. The van der Waals surface area contributed by atoms with Crippen molar-refractivity contribution in [1.82, 2.24) is 0 Å². The number of halogens is 2. The highest BCUT2D eigenvalue weighted by Gasteiger charge is 2.21. The van der Waals surface area contributed by atoms with E-state index in [1.54, 1.807) is 6.07 Å². The lowest BCUT2D eigenvalue weighted by atomic mass is 10.2. The van der Waals surface area contributed by atoms with Gasteiger partial charge in [0.1, 0.15) is 5.75 Å². The number of benzene rings is 2. The Balaban J connectivity index is 1.72. The van der Waals surface area contributed by atoms with Gasteiger partial charge in [0.15, 0.2) is 11.5 Å². The predicted molar refractivity (Wildman–Crippen MR) is 98.7 cm³/mol. The van der Waals surface area contributed by atoms with Crippen LogP contribution in [0.3, 0.4) is 0 Å². The number of methoxy groups -OCH3 is 1. The van der Waals surface area contributed by atoms with Crippen LogP contribution in [0.5, 0.6) is 17.2 Å². The van der Waals surface area contributed by atoms with Gasteiger partial charge in [0, 0.05) is 11.5 Å². The number of thioether (sulfide) groups is 2. The van der Waals surface area contributed by atoms with E-state index in [0.717, 1.165) is 17.1 Å². The van der Waals surface area contributed by atoms with Crippen molar-refractivity contribution in [2.45, 2.75) is 11.2 Å². The summed E-state index contributed by atoms with van der Waals surface area (Å²) in [6.07, 6.45) is 0. The molecule has 0 saturated carbocycles. The minimum atomic E-state index is -2.91. The van der Waals surface area contributed by atoms with E-state index in [4.69, 9.17) is 9.47 Å². The predicted octanol–water partition coefficient (Wildman–Crippen LogP) is 4.99. The lowest BCUT2D eigenvalue weighted by Gasteiger charge is -2.14. The van der Waals surface area contributed by atoms with E-state index in [2.05, 4.69) is 4.74 Å². The third-order valence-corrected chi connectivity index (χ3v) is 6.70. The minimum absolute atomic E-state index is 0.0231. The molecule has 2 aromatic carbocycles. The highest BCUT2D eigenvalue weighted by molar-refractivity contribution is 8.19. The normalized spacial score (nSPS) is 14.5. The number of hydrogen-bond donors (Lipinski definition) is 0. The molecule has 0 spiro atoms. The molecule has 0 atom stereocenters. The summed E-state index contributed by atoms with van der Waals surface area (Å²) in [5.41, 5.74) is 1.34. The lowest BCUT2D eigenvalue weighted by molar-refractivity contribution is -0.0498. The first-order chi connectivity index (χ1) is 12.6. The summed E-state index contributed by atoms with van der Waals surface area (Å²) in [7, 11) is 1.52. The molecule has 0 radical (unpaired) electrons. The van der Waals surface area contributed by atoms with Crippen molar-refractivity contribution in [2.24, 2.45) is 0 Å². The maximum atomic E-state index is 12.3. The number of carbonyl (C=O) groups excluding carboxylic acids is 1. The number of esters is 1. The van der Waals surface area contributed by atoms with Gasteiger partial charge in [-0.1, -0.05) is 6.07 Å². The van der Waals surface area contributed by atoms with E-state index < -0.39 is 12.6 Å². The Bertz CT molecular complexity index is 762. The molecule has 8 heteroatoms. The van der Waals surface area contributed by atoms with Crippen LogP contribution in [0.25, 0.3) is 0 Å². The quantitative estimate of drug-likeness (QED) is 0.504. The van der Waals surface area contributed by atoms with Crippen LogP contribution in [0.2, 0.25) is 0 Å². The first-order valence-electron chi connectivity index (χ1n) is 7.75. The van der Waals surface area contributed by atoms with Crippen molar-refractivity contribution in [2.75, 3.05) is 18.6 Å². The van der Waals surface area contributed by atoms with E-state index in [0.29, 0.717) is 16.1 Å². The van der Waals surface area contributed by atoms with E-state index in [9.17, 15) is 13.6 Å². The highest BCUT2D eigenvalue weighted by atomic mass is 32.2. The maximum Gasteiger partial charge on any atom is 0.387 e. The molecular weight excluding hydrogens is 382 g/mol. The molecule has 0 aliphatic carbocycles. The number of rotatable bonds is 6. The van der Waals surface area contributed by atoms with Crippen molar-refractivity contribution in [1.29, 1.82) is 0 Å². The Morgan fingerprint density at radius 1 is 1.08 bits per heavy atom. The molecule has 1 aliphatic heterocycles. The second kappa shape index (κ2) is 8.64. The van der Waals surface area contributed by atoms with Crippen molar-refractivity contribution in [3.05, 3.63) is 53.6 Å². The molecule has 0 unspecified atom stereocenters. The van der Waals surface area contributed by atoms with Gasteiger partial charge in [0.05, 0.1) is 17.3 Å².